The third kappa shape index (κ3) is 2.47. The average Bonchev–Trinajstić information content (AvgIpc) is 2.65. The SMILES string of the molecule is CCC(Nc1cn[nH]c1)C(=O)OC. The van der Waals surface area contributed by atoms with Gasteiger partial charge < -0.3 is 10.1 Å². The van der Waals surface area contributed by atoms with E-state index in [0.29, 0.717) is 6.42 Å². The Bertz CT molecular complexity index is 258. The van der Waals surface area contributed by atoms with Crippen LogP contribution in [0.4, 0.5) is 5.69 Å². The van der Waals surface area contributed by atoms with Crippen LogP contribution in [-0.2, 0) is 9.53 Å². The number of carbonyl (C=O) groups is 1. The third-order valence-electron chi connectivity index (χ3n) is 1.73. The van der Waals surface area contributed by atoms with E-state index < -0.39 is 0 Å². The number of anilines is 1. The zero-order valence-corrected chi connectivity index (χ0v) is 7.70. The van der Waals surface area contributed by atoms with Crippen molar-refractivity contribution in [3.8, 4) is 0 Å². The molecule has 0 bridgehead atoms. The normalized spacial score (nSPS) is 12.2. The molecule has 5 nitrogen and oxygen atoms in total. The maximum atomic E-state index is 11.2. The molecule has 5 heteroatoms. The smallest absolute Gasteiger partial charge is 0.328 e. The van der Waals surface area contributed by atoms with Crippen LogP contribution in [0.3, 0.4) is 0 Å². The summed E-state index contributed by atoms with van der Waals surface area (Å²) in [6.45, 7) is 1.91. The topological polar surface area (TPSA) is 67.0 Å². The fourth-order valence-corrected chi connectivity index (χ4v) is 1.00. The van der Waals surface area contributed by atoms with Gasteiger partial charge in [0.25, 0.3) is 0 Å². The number of aromatic amines is 1. The Morgan fingerprint density at radius 1 is 1.85 bits per heavy atom. The van der Waals surface area contributed by atoms with Gasteiger partial charge >= 0.3 is 5.97 Å². The van der Waals surface area contributed by atoms with Gasteiger partial charge in [0.1, 0.15) is 6.04 Å². The van der Waals surface area contributed by atoms with Crippen LogP contribution in [0.5, 0.6) is 0 Å². The lowest BCUT2D eigenvalue weighted by Crippen LogP contribution is -2.29. The van der Waals surface area contributed by atoms with E-state index in [0.717, 1.165) is 5.69 Å². The molecule has 1 atom stereocenters. The van der Waals surface area contributed by atoms with Gasteiger partial charge in [-0.15, -0.1) is 0 Å². The zero-order valence-electron chi connectivity index (χ0n) is 7.70. The van der Waals surface area contributed by atoms with E-state index in [1.807, 2.05) is 6.92 Å². The van der Waals surface area contributed by atoms with Crippen molar-refractivity contribution >= 4 is 11.7 Å². The van der Waals surface area contributed by atoms with Gasteiger partial charge in [0.2, 0.25) is 0 Å². The molecule has 0 spiro atoms. The van der Waals surface area contributed by atoms with Crippen LogP contribution in [0.15, 0.2) is 12.4 Å². The summed E-state index contributed by atoms with van der Waals surface area (Å²) in [5, 5.41) is 9.40. The second kappa shape index (κ2) is 4.49. The predicted octanol–water partition coefficient (Wildman–Crippen LogP) is 0.773. The van der Waals surface area contributed by atoms with E-state index >= 15 is 0 Å². The molecule has 0 aliphatic rings. The molecule has 0 aliphatic carbocycles. The molecule has 1 unspecified atom stereocenters. The Labute approximate surface area is 76.5 Å². The summed E-state index contributed by atoms with van der Waals surface area (Å²) >= 11 is 0. The highest BCUT2D eigenvalue weighted by atomic mass is 16.5. The molecule has 0 saturated heterocycles. The van der Waals surface area contributed by atoms with Crippen LogP contribution in [-0.4, -0.2) is 29.3 Å². The largest absolute Gasteiger partial charge is 0.467 e. The van der Waals surface area contributed by atoms with Crippen molar-refractivity contribution in [1.82, 2.24) is 10.2 Å². The van der Waals surface area contributed by atoms with Crippen molar-refractivity contribution in [3.63, 3.8) is 0 Å². The number of ether oxygens (including phenoxy) is 1. The Morgan fingerprint density at radius 2 is 2.62 bits per heavy atom. The van der Waals surface area contributed by atoms with Crippen LogP contribution in [0.2, 0.25) is 0 Å². The molecule has 72 valence electrons. The van der Waals surface area contributed by atoms with Crippen LogP contribution in [0.25, 0.3) is 0 Å². The molecule has 0 amide bonds. The van der Waals surface area contributed by atoms with Gasteiger partial charge in [0, 0.05) is 6.20 Å². The number of hydrogen-bond donors (Lipinski definition) is 2. The standard InChI is InChI=1S/C8H13N3O2/c1-3-7(8(12)13-2)11-6-4-9-10-5-6/h4-5,7,11H,3H2,1-2H3,(H,9,10). The highest BCUT2D eigenvalue weighted by molar-refractivity contribution is 5.78. The van der Waals surface area contributed by atoms with E-state index in [1.165, 1.54) is 7.11 Å². The maximum Gasteiger partial charge on any atom is 0.328 e. The van der Waals surface area contributed by atoms with Crippen LogP contribution < -0.4 is 5.32 Å². The predicted molar refractivity (Wildman–Crippen MR) is 48.3 cm³/mol. The molecule has 0 aliphatic heterocycles. The van der Waals surface area contributed by atoms with Crippen molar-refractivity contribution in [2.75, 3.05) is 12.4 Å². The van der Waals surface area contributed by atoms with Crippen molar-refractivity contribution < 1.29 is 9.53 Å². The van der Waals surface area contributed by atoms with E-state index in [-0.39, 0.29) is 12.0 Å². The lowest BCUT2D eigenvalue weighted by atomic mass is 10.2. The molecule has 2 N–H and O–H groups in total. The van der Waals surface area contributed by atoms with Gasteiger partial charge in [0.05, 0.1) is 19.0 Å². The number of nitrogens with zero attached hydrogens (tertiary/aromatic N) is 1. The number of H-pyrrole nitrogens is 1. The summed E-state index contributed by atoms with van der Waals surface area (Å²) in [6.07, 6.45) is 3.98. The first-order chi connectivity index (χ1) is 6.27. The molecule has 1 rings (SSSR count). The number of esters is 1. The monoisotopic (exact) mass is 183 g/mol. The van der Waals surface area contributed by atoms with Gasteiger partial charge in [0.15, 0.2) is 0 Å². The van der Waals surface area contributed by atoms with Crippen molar-refractivity contribution in [3.05, 3.63) is 12.4 Å². The molecule has 13 heavy (non-hydrogen) atoms. The minimum Gasteiger partial charge on any atom is -0.467 e. The van der Waals surface area contributed by atoms with Crippen LogP contribution in [0, 0.1) is 0 Å². The molecular weight excluding hydrogens is 170 g/mol. The average molecular weight is 183 g/mol. The quantitative estimate of drug-likeness (QED) is 0.677. The number of hydrogen-bond acceptors (Lipinski definition) is 4. The third-order valence-corrected chi connectivity index (χ3v) is 1.73. The van der Waals surface area contributed by atoms with E-state index in [2.05, 4.69) is 20.3 Å². The Balaban J connectivity index is 2.54. The summed E-state index contributed by atoms with van der Waals surface area (Å²) in [5.41, 5.74) is 0.789. The van der Waals surface area contributed by atoms with E-state index in [9.17, 15) is 4.79 Å². The first-order valence-electron chi connectivity index (χ1n) is 4.11. The minimum absolute atomic E-state index is 0.260. The summed E-state index contributed by atoms with van der Waals surface area (Å²) < 4.78 is 4.62. The number of rotatable bonds is 4. The summed E-state index contributed by atoms with van der Waals surface area (Å²) in [5.74, 6) is -0.260. The highest BCUT2D eigenvalue weighted by Gasteiger charge is 2.16. The van der Waals surface area contributed by atoms with Crippen molar-refractivity contribution in [2.45, 2.75) is 19.4 Å². The molecule has 0 aromatic carbocycles. The summed E-state index contributed by atoms with van der Waals surface area (Å²) in [7, 11) is 1.38. The Morgan fingerprint density at radius 3 is 3.08 bits per heavy atom. The van der Waals surface area contributed by atoms with Crippen LogP contribution in [0.1, 0.15) is 13.3 Å². The van der Waals surface area contributed by atoms with E-state index in [1.54, 1.807) is 12.4 Å². The Kier molecular flexibility index (Phi) is 3.31. The lowest BCUT2D eigenvalue weighted by molar-refractivity contribution is -0.141. The number of aromatic nitrogens is 2. The van der Waals surface area contributed by atoms with Crippen LogP contribution >= 0.6 is 0 Å². The fourth-order valence-electron chi connectivity index (χ4n) is 1.00. The highest BCUT2D eigenvalue weighted by Crippen LogP contribution is 2.06. The van der Waals surface area contributed by atoms with Gasteiger partial charge in [-0.3, -0.25) is 5.10 Å². The molecule has 0 saturated carbocycles. The minimum atomic E-state index is -0.303. The second-order valence-electron chi connectivity index (χ2n) is 2.62. The number of methoxy groups -OCH3 is 1. The lowest BCUT2D eigenvalue weighted by Gasteiger charge is -2.13. The first-order valence-corrected chi connectivity index (χ1v) is 4.11. The molecule has 1 aromatic heterocycles. The molecule has 1 heterocycles. The molecule has 1 aromatic rings. The Hall–Kier alpha value is -1.52. The van der Waals surface area contributed by atoms with Crippen molar-refractivity contribution in [2.24, 2.45) is 0 Å². The first kappa shape index (κ1) is 9.57. The molecule has 0 radical (unpaired) electrons. The molecule has 0 fully saturated rings. The maximum absolute atomic E-state index is 11.2. The molecular formula is C8H13N3O2. The number of carbonyl (C=O) groups excluding carboxylic acids is 1. The van der Waals surface area contributed by atoms with Gasteiger partial charge in [-0.1, -0.05) is 6.92 Å². The van der Waals surface area contributed by atoms with Gasteiger partial charge in [-0.05, 0) is 6.42 Å². The summed E-state index contributed by atoms with van der Waals surface area (Å²) in [6, 6.07) is -0.303. The van der Waals surface area contributed by atoms with Gasteiger partial charge in [-0.2, -0.15) is 5.10 Å². The van der Waals surface area contributed by atoms with Crippen molar-refractivity contribution in [1.29, 1.82) is 0 Å². The summed E-state index contributed by atoms with van der Waals surface area (Å²) in [4.78, 5) is 11.2. The van der Waals surface area contributed by atoms with E-state index in [4.69, 9.17) is 0 Å². The number of nitrogens with one attached hydrogen (secondary N) is 2. The second-order valence-corrected chi connectivity index (χ2v) is 2.62. The van der Waals surface area contributed by atoms with Gasteiger partial charge in [-0.25, -0.2) is 4.79 Å². The zero-order chi connectivity index (χ0) is 9.68. The fraction of sp³-hybridized carbons (Fsp3) is 0.500.